The fourth-order valence-electron chi connectivity index (χ4n) is 10.4. The summed E-state index contributed by atoms with van der Waals surface area (Å²) in [5.74, 6) is 1.01. The zero-order chi connectivity index (χ0) is 39.1. The van der Waals surface area contributed by atoms with Gasteiger partial charge in [-0.25, -0.2) is 4.98 Å². The van der Waals surface area contributed by atoms with Gasteiger partial charge in [-0.15, -0.1) is 0 Å². The molecule has 2 unspecified atom stereocenters. The third kappa shape index (κ3) is 4.73. The molecule has 4 heteroatoms. The average molecular weight is 753 g/mol. The van der Waals surface area contributed by atoms with Gasteiger partial charge in [-0.1, -0.05) is 146 Å². The number of hydrogen-bond acceptors (Lipinski definition) is 2. The highest BCUT2D eigenvalue weighted by Gasteiger charge is 2.49. The Kier molecular flexibility index (Phi) is 7.30. The fraction of sp³-hybridized carbons (Fsp3) is 0.0545. The second-order valence-corrected chi connectivity index (χ2v) is 15.7. The predicted molar refractivity (Wildman–Crippen MR) is 241 cm³/mol. The minimum absolute atomic E-state index is 0.148. The lowest BCUT2D eigenvalue weighted by molar-refractivity contribution is 0.457. The second kappa shape index (κ2) is 12.9. The minimum Gasteiger partial charge on any atom is -0.307 e. The predicted octanol–water partition coefficient (Wildman–Crippen LogP) is 13.3. The Hall–Kier alpha value is -7.74. The summed E-state index contributed by atoms with van der Waals surface area (Å²) in [6.07, 6.45) is 9.84. The number of fused-ring (bicyclic) bond motifs is 10. The molecule has 12 rings (SSSR count). The van der Waals surface area contributed by atoms with E-state index in [9.17, 15) is 5.26 Å². The molecule has 59 heavy (non-hydrogen) atoms. The summed E-state index contributed by atoms with van der Waals surface area (Å²) >= 11 is 0. The van der Waals surface area contributed by atoms with Crippen LogP contribution in [-0.4, -0.2) is 14.1 Å². The lowest BCUT2D eigenvalue weighted by Gasteiger charge is -2.40. The summed E-state index contributed by atoms with van der Waals surface area (Å²) in [5, 5.41) is 15.0. The van der Waals surface area contributed by atoms with E-state index in [-0.39, 0.29) is 5.92 Å². The highest BCUT2D eigenvalue weighted by Crippen LogP contribution is 2.58. The van der Waals surface area contributed by atoms with Crippen LogP contribution in [0.2, 0.25) is 0 Å². The topological polar surface area (TPSA) is 46.5 Å². The first-order valence-electron chi connectivity index (χ1n) is 20.3. The molecule has 4 nitrogen and oxygen atoms in total. The minimum atomic E-state index is -0.503. The van der Waals surface area contributed by atoms with Gasteiger partial charge < -0.3 is 4.57 Å². The van der Waals surface area contributed by atoms with Gasteiger partial charge in [0.05, 0.1) is 44.8 Å². The molecule has 0 N–H and O–H groups in total. The summed E-state index contributed by atoms with van der Waals surface area (Å²) < 4.78 is 4.79. The molecule has 0 bridgehead atoms. The Morgan fingerprint density at radius 1 is 0.559 bits per heavy atom. The molecule has 2 aliphatic carbocycles. The van der Waals surface area contributed by atoms with E-state index in [4.69, 9.17) is 4.98 Å². The molecule has 0 saturated carbocycles. The third-order valence-electron chi connectivity index (χ3n) is 12.8. The molecule has 0 amide bonds. The van der Waals surface area contributed by atoms with Crippen LogP contribution in [0.4, 0.5) is 0 Å². The molecule has 0 saturated heterocycles. The average Bonchev–Trinajstić information content (AvgIpc) is 3.94. The van der Waals surface area contributed by atoms with Crippen LogP contribution in [0.3, 0.4) is 0 Å². The lowest BCUT2D eigenvalue weighted by Crippen LogP contribution is -2.35. The molecule has 0 fully saturated rings. The zero-order valence-electron chi connectivity index (χ0n) is 32.1. The third-order valence-corrected chi connectivity index (χ3v) is 12.8. The first kappa shape index (κ1) is 33.4. The van der Waals surface area contributed by atoms with Crippen molar-refractivity contribution in [3.05, 3.63) is 222 Å². The number of nitriles is 1. The van der Waals surface area contributed by atoms with Crippen molar-refractivity contribution >= 4 is 43.6 Å². The van der Waals surface area contributed by atoms with Crippen molar-refractivity contribution in [1.29, 1.82) is 5.26 Å². The molecule has 0 radical (unpaired) electrons. The Balaban J connectivity index is 1.12. The van der Waals surface area contributed by atoms with Crippen molar-refractivity contribution < 1.29 is 0 Å². The Morgan fingerprint density at radius 2 is 1.20 bits per heavy atom. The van der Waals surface area contributed by atoms with Crippen LogP contribution >= 0.6 is 0 Å². The molecule has 276 valence electrons. The number of para-hydroxylation sites is 3. The van der Waals surface area contributed by atoms with Crippen LogP contribution in [0.25, 0.3) is 77.5 Å². The van der Waals surface area contributed by atoms with E-state index in [1.807, 2.05) is 6.07 Å². The quantitative estimate of drug-likeness (QED) is 0.176. The van der Waals surface area contributed by atoms with Crippen LogP contribution in [0, 0.1) is 17.2 Å². The molecule has 2 aliphatic rings. The van der Waals surface area contributed by atoms with Gasteiger partial charge in [-0.3, -0.25) is 4.57 Å². The molecular weight excluding hydrogens is 717 g/mol. The first-order chi connectivity index (χ1) is 29.2. The summed E-state index contributed by atoms with van der Waals surface area (Å²) in [7, 11) is 0. The van der Waals surface area contributed by atoms with Crippen LogP contribution in [0.5, 0.6) is 0 Å². The maximum absolute atomic E-state index is 10.1. The van der Waals surface area contributed by atoms with E-state index in [1.165, 1.54) is 54.9 Å². The van der Waals surface area contributed by atoms with Crippen molar-refractivity contribution in [1.82, 2.24) is 14.1 Å². The number of nitrogens with zero attached hydrogens (tertiary/aromatic N) is 4. The Bertz CT molecular complexity index is 3430. The van der Waals surface area contributed by atoms with Crippen molar-refractivity contribution in [3.63, 3.8) is 0 Å². The summed E-state index contributed by atoms with van der Waals surface area (Å²) in [5.41, 5.74) is 13.9. The van der Waals surface area contributed by atoms with Crippen LogP contribution in [0.15, 0.2) is 200 Å². The maximum atomic E-state index is 10.1. The number of aromatic nitrogens is 3. The number of hydrogen-bond donors (Lipinski definition) is 0. The Labute approximate surface area is 341 Å². The highest BCUT2D eigenvalue weighted by atomic mass is 15.1. The highest BCUT2D eigenvalue weighted by molar-refractivity contribution is 6.23. The molecule has 10 aromatic rings. The van der Waals surface area contributed by atoms with Crippen LogP contribution in [0.1, 0.15) is 28.7 Å². The van der Waals surface area contributed by atoms with Gasteiger partial charge in [0.25, 0.3) is 0 Å². The van der Waals surface area contributed by atoms with E-state index in [0.29, 0.717) is 5.56 Å². The van der Waals surface area contributed by atoms with Gasteiger partial charge in [-0.05, 0) is 94.8 Å². The van der Waals surface area contributed by atoms with E-state index in [0.717, 1.165) is 45.7 Å². The number of benzene rings is 7. The number of rotatable bonds is 5. The molecule has 3 heterocycles. The zero-order valence-corrected chi connectivity index (χ0v) is 32.1. The largest absolute Gasteiger partial charge is 0.307 e. The van der Waals surface area contributed by atoms with Gasteiger partial charge in [0.15, 0.2) is 0 Å². The monoisotopic (exact) mass is 752 g/mol. The molecule has 3 aromatic heterocycles. The van der Waals surface area contributed by atoms with Crippen LogP contribution < -0.4 is 0 Å². The molecule has 7 aromatic carbocycles. The van der Waals surface area contributed by atoms with E-state index in [2.05, 4.69) is 209 Å². The van der Waals surface area contributed by atoms with Crippen molar-refractivity contribution in [2.24, 2.45) is 5.92 Å². The number of pyridine rings is 1. The normalized spacial score (nSPS) is 16.8. The smallest absolute Gasteiger partial charge is 0.138 e. The molecule has 0 aliphatic heterocycles. The van der Waals surface area contributed by atoms with Gasteiger partial charge in [0.1, 0.15) is 5.82 Å². The van der Waals surface area contributed by atoms with Gasteiger partial charge in [0.2, 0.25) is 0 Å². The lowest BCUT2D eigenvalue weighted by atomic mass is 9.62. The van der Waals surface area contributed by atoms with Gasteiger partial charge >= 0.3 is 0 Å². The summed E-state index contributed by atoms with van der Waals surface area (Å²) in [6, 6.07) is 65.5. The molecular formula is C55H36N4. The molecule has 2 atom stereocenters. The van der Waals surface area contributed by atoms with Crippen LogP contribution in [-0.2, 0) is 5.41 Å². The van der Waals surface area contributed by atoms with Gasteiger partial charge in [-0.2, -0.15) is 5.26 Å². The van der Waals surface area contributed by atoms with Crippen molar-refractivity contribution in [2.75, 3.05) is 0 Å². The SMILES string of the molecule is N#Cc1ccc2c(c1)C(c1ccccc1)(C1C=CC=CC1)c1cc(-c3cccc(-n4c5ccccc5c5ccc6c7ccccc7n(-c7ccccc7)c6c54)n3)ccc1-2. The van der Waals surface area contributed by atoms with E-state index >= 15 is 0 Å². The second-order valence-electron chi connectivity index (χ2n) is 15.7. The standard InChI is InChI=1S/C55H36N4/c56-35-36-27-29-41-42-30-28-37(34-48(42)55(47(41)33-36,38-15-4-1-5-16-38)39-17-6-2-7-18-39)49-23-14-26-52(57-49)59-51-25-13-11-22-44(51)46-32-31-45-43-21-10-12-24-50(43)58(53(45)54(46)59)40-19-8-3-9-20-40/h1-17,19-34,39H,18H2. The number of allylic oxidation sites excluding steroid dienone is 4. The summed E-state index contributed by atoms with van der Waals surface area (Å²) in [6.45, 7) is 0. The van der Waals surface area contributed by atoms with Crippen molar-refractivity contribution in [3.8, 4) is 40.0 Å². The fourth-order valence-corrected chi connectivity index (χ4v) is 10.4. The summed E-state index contributed by atoms with van der Waals surface area (Å²) in [4.78, 5) is 5.57. The maximum Gasteiger partial charge on any atom is 0.138 e. The first-order valence-corrected chi connectivity index (χ1v) is 20.3. The molecule has 0 spiro atoms. The van der Waals surface area contributed by atoms with E-state index < -0.39 is 5.41 Å². The van der Waals surface area contributed by atoms with Gasteiger partial charge in [0, 0.05) is 32.8 Å². The van der Waals surface area contributed by atoms with Crippen molar-refractivity contribution in [2.45, 2.75) is 11.8 Å². The Morgan fingerprint density at radius 3 is 1.92 bits per heavy atom. The van der Waals surface area contributed by atoms with E-state index in [1.54, 1.807) is 0 Å².